The van der Waals surface area contributed by atoms with Crippen LogP contribution in [0.15, 0.2) is 4.99 Å². The summed E-state index contributed by atoms with van der Waals surface area (Å²) in [4.78, 5) is 16.9. The van der Waals surface area contributed by atoms with Crippen LogP contribution in [0.1, 0.15) is 33.1 Å². The number of nitrogens with two attached hydrogens (primary N) is 2. The van der Waals surface area contributed by atoms with E-state index in [1.54, 1.807) is 0 Å². The summed E-state index contributed by atoms with van der Waals surface area (Å²) in [6.45, 7) is 6.01. The number of nitrogens with zero attached hydrogens (tertiary/aromatic N) is 2. The number of carboxylic acids is 1. The summed E-state index contributed by atoms with van der Waals surface area (Å²) < 4.78 is 0. The number of likely N-dealkylation sites (N-methyl/N-ethyl adjacent to an activating group) is 1. The van der Waals surface area contributed by atoms with Crippen molar-refractivity contribution >= 4 is 11.9 Å². The van der Waals surface area contributed by atoms with Gasteiger partial charge in [-0.1, -0.05) is 13.8 Å². The molecule has 0 amide bonds. The van der Waals surface area contributed by atoms with Gasteiger partial charge in [0.1, 0.15) is 6.04 Å². The summed E-state index contributed by atoms with van der Waals surface area (Å²) in [6.07, 6.45) is 2.25. The highest BCUT2D eigenvalue weighted by Gasteiger charge is 2.22. The fraction of sp³-hybridized carbons (Fsp3) is 0.818. The molecule has 0 aliphatic carbocycles. The monoisotopic (exact) mass is 244 g/mol. The number of carboxylic acid groups (broad SMARTS) is 1. The SMILES string of the molecule is CCN(CC)C(CCCCN=C(N)N)C(=O)O. The lowest BCUT2D eigenvalue weighted by atomic mass is 10.1. The van der Waals surface area contributed by atoms with Crippen LogP contribution in [0.3, 0.4) is 0 Å². The molecular weight excluding hydrogens is 220 g/mol. The molecule has 100 valence electrons. The maximum Gasteiger partial charge on any atom is 0.320 e. The average molecular weight is 244 g/mol. The Hall–Kier alpha value is -1.30. The molecule has 0 aromatic carbocycles. The Morgan fingerprint density at radius 2 is 1.88 bits per heavy atom. The molecule has 17 heavy (non-hydrogen) atoms. The number of aliphatic carboxylic acids is 1. The van der Waals surface area contributed by atoms with E-state index in [-0.39, 0.29) is 5.96 Å². The van der Waals surface area contributed by atoms with E-state index >= 15 is 0 Å². The quantitative estimate of drug-likeness (QED) is 0.306. The van der Waals surface area contributed by atoms with Crippen LogP contribution in [0.25, 0.3) is 0 Å². The van der Waals surface area contributed by atoms with Crippen LogP contribution >= 0.6 is 0 Å². The Morgan fingerprint density at radius 3 is 2.29 bits per heavy atom. The van der Waals surface area contributed by atoms with Gasteiger partial charge < -0.3 is 16.6 Å². The van der Waals surface area contributed by atoms with E-state index in [1.165, 1.54) is 0 Å². The van der Waals surface area contributed by atoms with Gasteiger partial charge in [-0.2, -0.15) is 0 Å². The third-order valence-corrected chi connectivity index (χ3v) is 2.72. The molecule has 0 saturated heterocycles. The Bertz CT molecular complexity index is 248. The highest BCUT2D eigenvalue weighted by atomic mass is 16.4. The largest absolute Gasteiger partial charge is 0.480 e. The van der Waals surface area contributed by atoms with Gasteiger partial charge in [0.15, 0.2) is 5.96 Å². The molecule has 0 fully saturated rings. The third kappa shape index (κ3) is 6.78. The normalized spacial score (nSPS) is 12.4. The lowest BCUT2D eigenvalue weighted by molar-refractivity contribution is -0.143. The second-order valence-electron chi connectivity index (χ2n) is 3.88. The van der Waals surface area contributed by atoms with Gasteiger partial charge in [-0.05, 0) is 32.4 Å². The molecule has 0 aliphatic rings. The summed E-state index contributed by atoms with van der Waals surface area (Å²) in [5.74, 6) is -0.668. The Balaban J connectivity index is 4.02. The van der Waals surface area contributed by atoms with Crippen molar-refractivity contribution < 1.29 is 9.90 Å². The lowest BCUT2D eigenvalue weighted by Gasteiger charge is -2.25. The summed E-state index contributed by atoms with van der Waals surface area (Å²) in [5, 5.41) is 9.14. The molecule has 0 aromatic heterocycles. The van der Waals surface area contributed by atoms with Gasteiger partial charge in [-0.25, -0.2) is 0 Å². The van der Waals surface area contributed by atoms with Gasteiger partial charge in [0.25, 0.3) is 0 Å². The summed E-state index contributed by atoms with van der Waals surface area (Å²) in [5.41, 5.74) is 10.4. The van der Waals surface area contributed by atoms with E-state index in [9.17, 15) is 4.79 Å². The van der Waals surface area contributed by atoms with Gasteiger partial charge in [-0.15, -0.1) is 0 Å². The standard InChI is InChI=1S/C11H24N4O2/c1-3-15(4-2)9(10(16)17)7-5-6-8-14-11(12)13/h9H,3-8H2,1-2H3,(H,16,17)(H4,12,13,14). The topological polar surface area (TPSA) is 105 Å². The molecular formula is C11H24N4O2. The molecule has 0 bridgehead atoms. The minimum absolute atomic E-state index is 0.0866. The van der Waals surface area contributed by atoms with E-state index < -0.39 is 12.0 Å². The Morgan fingerprint density at radius 1 is 1.29 bits per heavy atom. The van der Waals surface area contributed by atoms with Crippen molar-refractivity contribution in [2.24, 2.45) is 16.5 Å². The van der Waals surface area contributed by atoms with Crippen LogP contribution < -0.4 is 11.5 Å². The van der Waals surface area contributed by atoms with Crippen LogP contribution in [-0.4, -0.2) is 47.6 Å². The van der Waals surface area contributed by atoms with Gasteiger partial charge in [0.2, 0.25) is 0 Å². The van der Waals surface area contributed by atoms with Crippen molar-refractivity contribution in [2.45, 2.75) is 39.2 Å². The first-order valence-corrected chi connectivity index (χ1v) is 6.05. The number of carbonyl (C=O) groups is 1. The number of hydrogen-bond acceptors (Lipinski definition) is 3. The smallest absolute Gasteiger partial charge is 0.320 e. The number of unbranched alkanes of at least 4 members (excludes halogenated alkanes) is 1. The fourth-order valence-corrected chi connectivity index (χ4v) is 1.78. The molecule has 6 nitrogen and oxygen atoms in total. The molecule has 0 saturated carbocycles. The van der Waals surface area contributed by atoms with Crippen molar-refractivity contribution in [3.05, 3.63) is 0 Å². The maximum atomic E-state index is 11.1. The molecule has 0 radical (unpaired) electrons. The zero-order valence-electron chi connectivity index (χ0n) is 10.7. The molecule has 6 heteroatoms. The van der Waals surface area contributed by atoms with Crippen LogP contribution in [-0.2, 0) is 4.79 Å². The van der Waals surface area contributed by atoms with Crippen LogP contribution in [0, 0.1) is 0 Å². The van der Waals surface area contributed by atoms with E-state index in [0.717, 1.165) is 25.9 Å². The van der Waals surface area contributed by atoms with Crippen molar-refractivity contribution in [2.75, 3.05) is 19.6 Å². The summed E-state index contributed by atoms with van der Waals surface area (Å²) in [6, 6.07) is -0.399. The molecule has 1 unspecified atom stereocenters. The van der Waals surface area contributed by atoms with E-state index in [4.69, 9.17) is 16.6 Å². The first-order chi connectivity index (χ1) is 8.02. The van der Waals surface area contributed by atoms with Gasteiger partial charge in [-0.3, -0.25) is 14.7 Å². The molecule has 0 rings (SSSR count). The maximum absolute atomic E-state index is 11.1. The van der Waals surface area contributed by atoms with Crippen LogP contribution in [0.4, 0.5) is 0 Å². The molecule has 0 aliphatic heterocycles. The van der Waals surface area contributed by atoms with E-state index in [1.807, 2.05) is 18.7 Å². The van der Waals surface area contributed by atoms with Crippen LogP contribution in [0.2, 0.25) is 0 Å². The summed E-state index contributed by atoms with van der Waals surface area (Å²) in [7, 11) is 0. The molecule has 0 spiro atoms. The first-order valence-electron chi connectivity index (χ1n) is 6.05. The molecule has 1 atom stereocenters. The number of guanidine groups is 1. The number of aliphatic imine (C=N–C) groups is 1. The molecule has 0 aromatic rings. The highest BCUT2D eigenvalue weighted by Crippen LogP contribution is 2.09. The fourth-order valence-electron chi connectivity index (χ4n) is 1.78. The molecule has 5 N–H and O–H groups in total. The first kappa shape index (κ1) is 15.7. The number of hydrogen-bond donors (Lipinski definition) is 3. The van der Waals surface area contributed by atoms with Crippen molar-refractivity contribution in [1.29, 1.82) is 0 Å². The van der Waals surface area contributed by atoms with Crippen molar-refractivity contribution in [3.63, 3.8) is 0 Å². The van der Waals surface area contributed by atoms with Crippen molar-refractivity contribution in [1.82, 2.24) is 4.90 Å². The van der Waals surface area contributed by atoms with Gasteiger partial charge >= 0.3 is 5.97 Å². The Labute approximate surface area is 103 Å². The van der Waals surface area contributed by atoms with E-state index in [2.05, 4.69) is 4.99 Å². The van der Waals surface area contributed by atoms with Gasteiger partial charge in [0.05, 0.1) is 0 Å². The van der Waals surface area contributed by atoms with Crippen LogP contribution in [0.5, 0.6) is 0 Å². The Kier molecular flexibility index (Phi) is 8.13. The average Bonchev–Trinajstić information content (AvgIpc) is 2.26. The lowest BCUT2D eigenvalue weighted by Crippen LogP contribution is -2.40. The highest BCUT2D eigenvalue weighted by molar-refractivity contribution is 5.75. The van der Waals surface area contributed by atoms with Crippen molar-refractivity contribution in [3.8, 4) is 0 Å². The number of rotatable bonds is 9. The minimum Gasteiger partial charge on any atom is -0.480 e. The summed E-state index contributed by atoms with van der Waals surface area (Å²) >= 11 is 0. The predicted molar refractivity (Wildman–Crippen MR) is 68.9 cm³/mol. The second kappa shape index (κ2) is 8.81. The molecule has 0 heterocycles. The van der Waals surface area contributed by atoms with Gasteiger partial charge in [0, 0.05) is 6.54 Å². The third-order valence-electron chi connectivity index (χ3n) is 2.72. The van der Waals surface area contributed by atoms with E-state index in [0.29, 0.717) is 13.0 Å². The predicted octanol–water partition coefficient (Wildman–Crippen LogP) is 0.225. The zero-order valence-corrected chi connectivity index (χ0v) is 10.7. The minimum atomic E-state index is -0.754. The zero-order chi connectivity index (χ0) is 13.3. The second-order valence-corrected chi connectivity index (χ2v) is 3.88.